The molecule has 0 spiro atoms. The molecule has 4 aromatic rings. The smallest absolute Gasteiger partial charge is 0.326 e. The van der Waals surface area contributed by atoms with Crippen molar-refractivity contribution in [2.75, 3.05) is 12.8 Å². The van der Waals surface area contributed by atoms with Crippen molar-refractivity contribution in [1.29, 1.82) is 4.78 Å². The van der Waals surface area contributed by atoms with Crippen LogP contribution in [0.5, 0.6) is 5.75 Å². The van der Waals surface area contributed by atoms with Crippen LogP contribution in [0, 0.1) is 4.78 Å². The fourth-order valence-electron chi connectivity index (χ4n) is 3.70. The molecule has 4 rings (SSSR count). The molecule has 1 aromatic heterocycles. The number of hydrogen-bond donors (Lipinski definition) is 2. The summed E-state index contributed by atoms with van der Waals surface area (Å²) in [5, 5.41) is 2.94. The summed E-state index contributed by atoms with van der Waals surface area (Å²) in [4.78, 5) is 17.3. The third kappa shape index (κ3) is 7.05. The maximum absolute atomic E-state index is 12.4. The minimum Gasteiger partial charge on any atom is -0.489 e. The Hall–Kier alpha value is -3.91. The minimum absolute atomic E-state index is 0.191. The first-order valence-corrected chi connectivity index (χ1v) is 13.8. The molecule has 0 saturated heterocycles. The number of amides is 1. The summed E-state index contributed by atoms with van der Waals surface area (Å²) >= 11 is 0. The Labute approximate surface area is 212 Å². The van der Waals surface area contributed by atoms with Crippen molar-refractivity contribution in [3.8, 4) is 17.0 Å². The largest absolute Gasteiger partial charge is 0.489 e. The van der Waals surface area contributed by atoms with Gasteiger partial charge < -0.3 is 10.1 Å². The maximum Gasteiger partial charge on any atom is 0.326 e. The number of benzene rings is 3. The summed E-state index contributed by atoms with van der Waals surface area (Å²) in [7, 11) is -2.71. The monoisotopic (exact) mass is 502 g/mol. The van der Waals surface area contributed by atoms with Gasteiger partial charge in [-0.15, -0.1) is 0 Å². The van der Waals surface area contributed by atoms with E-state index in [4.69, 9.17) is 9.52 Å². The number of ether oxygens (including phenoxy) is 1. The maximum atomic E-state index is 12.4. The SMILES string of the molecule is CS(=N)(=O)c1ccc(COc2ccc(-c3cn(C(=O)NCCCCc4ccccc4)cn3)cc2)cc1. The average Bonchev–Trinajstić information content (AvgIpc) is 3.38. The summed E-state index contributed by atoms with van der Waals surface area (Å²) < 4.78 is 26.7. The lowest BCUT2D eigenvalue weighted by Gasteiger charge is -2.08. The topological polar surface area (TPSA) is 97.1 Å². The van der Waals surface area contributed by atoms with Gasteiger partial charge in [-0.25, -0.2) is 18.8 Å². The fourth-order valence-corrected chi connectivity index (χ4v) is 4.36. The van der Waals surface area contributed by atoms with Gasteiger partial charge in [0.05, 0.1) is 15.4 Å². The van der Waals surface area contributed by atoms with Crippen LogP contribution < -0.4 is 10.1 Å². The van der Waals surface area contributed by atoms with Crippen LogP contribution in [-0.2, 0) is 22.8 Å². The molecular weight excluding hydrogens is 472 g/mol. The molecule has 0 fully saturated rings. The van der Waals surface area contributed by atoms with Gasteiger partial charge in [-0.05, 0) is 66.8 Å². The van der Waals surface area contributed by atoms with Gasteiger partial charge in [0.1, 0.15) is 18.7 Å². The van der Waals surface area contributed by atoms with Crippen LogP contribution in [0.2, 0.25) is 0 Å². The second kappa shape index (κ2) is 11.7. The highest BCUT2D eigenvalue weighted by Crippen LogP contribution is 2.22. The molecule has 7 nitrogen and oxygen atoms in total. The van der Waals surface area contributed by atoms with Crippen molar-refractivity contribution in [3.63, 3.8) is 0 Å². The lowest BCUT2D eigenvalue weighted by atomic mass is 10.1. The summed E-state index contributed by atoms with van der Waals surface area (Å²) in [6, 6.07) is 24.7. The zero-order valence-corrected chi connectivity index (χ0v) is 21.0. The first-order valence-electron chi connectivity index (χ1n) is 11.8. The van der Waals surface area contributed by atoms with E-state index in [1.165, 1.54) is 22.7 Å². The van der Waals surface area contributed by atoms with Gasteiger partial charge in [-0.1, -0.05) is 42.5 Å². The van der Waals surface area contributed by atoms with Crippen LogP contribution in [0.1, 0.15) is 24.0 Å². The third-order valence-electron chi connectivity index (χ3n) is 5.76. The van der Waals surface area contributed by atoms with Crippen LogP contribution in [0.3, 0.4) is 0 Å². The minimum atomic E-state index is -2.71. The second-order valence-corrected chi connectivity index (χ2v) is 10.8. The zero-order valence-electron chi connectivity index (χ0n) is 20.2. The quantitative estimate of drug-likeness (QED) is 0.270. The number of imidazole rings is 1. The molecule has 36 heavy (non-hydrogen) atoms. The van der Waals surface area contributed by atoms with Crippen molar-refractivity contribution in [2.24, 2.45) is 0 Å². The second-order valence-electron chi connectivity index (χ2n) is 8.64. The average molecular weight is 503 g/mol. The number of nitrogens with one attached hydrogen (secondary N) is 2. The van der Waals surface area contributed by atoms with Gasteiger partial charge in [-0.2, -0.15) is 0 Å². The molecule has 1 atom stereocenters. The zero-order chi connectivity index (χ0) is 25.4. The van der Waals surface area contributed by atoms with E-state index in [0.717, 1.165) is 30.4 Å². The number of rotatable bonds is 10. The van der Waals surface area contributed by atoms with E-state index in [1.54, 1.807) is 18.3 Å². The summed E-state index contributed by atoms with van der Waals surface area (Å²) in [5.41, 5.74) is 3.83. The van der Waals surface area contributed by atoms with Crippen molar-refractivity contribution in [3.05, 3.63) is 103 Å². The predicted molar refractivity (Wildman–Crippen MR) is 142 cm³/mol. The van der Waals surface area contributed by atoms with E-state index in [2.05, 4.69) is 22.4 Å². The Balaban J connectivity index is 1.24. The van der Waals surface area contributed by atoms with Crippen molar-refractivity contribution in [1.82, 2.24) is 14.9 Å². The van der Waals surface area contributed by atoms with Gasteiger partial charge in [-0.3, -0.25) is 4.57 Å². The first kappa shape index (κ1) is 25.2. The van der Waals surface area contributed by atoms with Crippen molar-refractivity contribution < 1.29 is 13.7 Å². The Morgan fingerprint density at radius 1 is 0.972 bits per heavy atom. The number of aromatic nitrogens is 2. The molecule has 1 unspecified atom stereocenters. The predicted octanol–water partition coefficient (Wildman–Crippen LogP) is 5.75. The third-order valence-corrected chi connectivity index (χ3v) is 6.93. The van der Waals surface area contributed by atoms with Crippen LogP contribution >= 0.6 is 0 Å². The van der Waals surface area contributed by atoms with Gasteiger partial charge >= 0.3 is 6.03 Å². The number of hydrogen-bond acceptors (Lipinski definition) is 5. The molecule has 0 aliphatic carbocycles. The fraction of sp³-hybridized carbons (Fsp3) is 0.214. The van der Waals surface area contributed by atoms with Crippen LogP contribution in [0.15, 0.2) is 96.3 Å². The van der Waals surface area contributed by atoms with Gasteiger partial charge in [0.2, 0.25) is 0 Å². The summed E-state index contributed by atoms with van der Waals surface area (Å²) in [6.45, 7) is 0.983. The number of carbonyl (C=O) groups excluding carboxylic acids is 1. The van der Waals surface area contributed by atoms with Crippen molar-refractivity contribution in [2.45, 2.75) is 30.8 Å². The molecule has 8 heteroatoms. The Morgan fingerprint density at radius 2 is 1.69 bits per heavy atom. The van der Waals surface area contributed by atoms with E-state index in [9.17, 15) is 9.00 Å². The first-order chi connectivity index (χ1) is 17.4. The van der Waals surface area contributed by atoms with Crippen LogP contribution in [0.4, 0.5) is 4.79 Å². The number of aryl methyl sites for hydroxylation is 1. The Kier molecular flexibility index (Phi) is 8.17. The molecule has 2 N–H and O–H groups in total. The molecule has 186 valence electrons. The summed E-state index contributed by atoms with van der Waals surface area (Å²) in [5.74, 6) is 0.704. The number of carbonyl (C=O) groups is 1. The Bertz CT molecular complexity index is 1380. The van der Waals surface area contributed by atoms with Gasteiger partial charge in [0.25, 0.3) is 0 Å². The van der Waals surface area contributed by atoms with Gasteiger partial charge in [0, 0.05) is 29.5 Å². The Morgan fingerprint density at radius 3 is 2.39 bits per heavy atom. The molecule has 0 radical (unpaired) electrons. The number of unbranched alkanes of at least 4 members (excludes halogenated alkanes) is 1. The van der Waals surface area contributed by atoms with Gasteiger partial charge in [0.15, 0.2) is 0 Å². The number of nitrogens with zero attached hydrogens (tertiary/aromatic N) is 2. The standard InChI is InChI=1S/C28H30N4O3S/c1-36(29,34)26-16-10-23(11-17-26)20-35-25-14-12-24(13-15-25)27-19-32(21-31-27)28(33)30-18-6-5-9-22-7-3-2-4-8-22/h2-4,7-8,10-17,19,21,29H,5-6,9,18,20H2,1H3,(H,30,33). The lowest BCUT2D eigenvalue weighted by Crippen LogP contribution is -2.28. The van der Waals surface area contributed by atoms with E-state index in [-0.39, 0.29) is 6.03 Å². The van der Waals surface area contributed by atoms with Crippen LogP contribution in [0.25, 0.3) is 11.3 Å². The normalized spacial score (nSPS) is 12.6. The molecule has 0 aliphatic heterocycles. The van der Waals surface area contributed by atoms with E-state index >= 15 is 0 Å². The molecule has 0 bridgehead atoms. The molecule has 1 amide bonds. The van der Waals surface area contributed by atoms with E-state index in [1.807, 2.05) is 54.6 Å². The highest BCUT2D eigenvalue weighted by atomic mass is 32.2. The molecule has 0 aliphatic rings. The molecule has 0 saturated carbocycles. The molecule has 1 heterocycles. The van der Waals surface area contributed by atoms with E-state index in [0.29, 0.717) is 29.5 Å². The molecule has 3 aromatic carbocycles. The summed E-state index contributed by atoms with van der Waals surface area (Å²) in [6.07, 6.45) is 7.58. The van der Waals surface area contributed by atoms with Crippen LogP contribution in [-0.4, -0.2) is 32.6 Å². The van der Waals surface area contributed by atoms with E-state index < -0.39 is 9.73 Å². The highest BCUT2D eigenvalue weighted by Gasteiger charge is 2.08. The highest BCUT2D eigenvalue weighted by molar-refractivity contribution is 7.91. The lowest BCUT2D eigenvalue weighted by molar-refractivity contribution is 0.242. The van der Waals surface area contributed by atoms with Crippen molar-refractivity contribution >= 4 is 15.8 Å². The molecular formula is C28H30N4O3S.